The molecule has 0 fully saturated rings. The van der Waals surface area contributed by atoms with Crippen molar-refractivity contribution in [2.24, 2.45) is 7.05 Å². The Hall–Kier alpha value is -2.56. The molecule has 0 amide bonds. The van der Waals surface area contributed by atoms with Gasteiger partial charge in [-0.15, -0.1) is 0 Å². The van der Waals surface area contributed by atoms with Crippen LogP contribution in [0.1, 0.15) is 5.69 Å². The van der Waals surface area contributed by atoms with Crippen molar-refractivity contribution in [2.45, 2.75) is 6.54 Å². The summed E-state index contributed by atoms with van der Waals surface area (Å²) in [5, 5.41) is 7.55. The second kappa shape index (κ2) is 4.97. The zero-order chi connectivity index (χ0) is 13.1. The van der Waals surface area contributed by atoms with Crippen molar-refractivity contribution in [1.82, 2.24) is 19.3 Å². The van der Waals surface area contributed by atoms with Crippen LogP contribution in [0, 0.1) is 0 Å². The minimum absolute atomic E-state index is 0.754. The van der Waals surface area contributed by atoms with Gasteiger partial charge in [-0.3, -0.25) is 4.68 Å². The van der Waals surface area contributed by atoms with Crippen molar-refractivity contribution in [2.75, 3.05) is 5.32 Å². The van der Waals surface area contributed by atoms with Gasteiger partial charge in [-0.2, -0.15) is 5.10 Å². The molecule has 0 aliphatic heterocycles. The molecular formula is C14H15N5. The third-order valence-corrected chi connectivity index (χ3v) is 3.04. The summed E-state index contributed by atoms with van der Waals surface area (Å²) in [5.41, 5.74) is 3.31. The van der Waals surface area contributed by atoms with Crippen LogP contribution in [-0.4, -0.2) is 19.3 Å². The highest BCUT2D eigenvalue weighted by Gasteiger charge is 2.00. The Morgan fingerprint density at radius 1 is 1.21 bits per heavy atom. The van der Waals surface area contributed by atoms with E-state index in [0.29, 0.717) is 0 Å². The normalized spacial score (nSPS) is 10.6. The summed E-state index contributed by atoms with van der Waals surface area (Å²) in [7, 11) is 1.94. The number of aryl methyl sites for hydroxylation is 1. The van der Waals surface area contributed by atoms with Crippen LogP contribution in [0.25, 0.3) is 5.69 Å². The Morgan fingerprint density at radius 2 is 2.16 bits per heavy atom. The van der Waals surface area contributed by atoms with Crippen LogP contribution < -0.4 is 5.32 Å². The van der Waals surface area contributed by atoms with Crippen LogP contribution in [0.4, 0.5) is 5.69 Å². The zero-order valence-electron chi connectivity index (χ0n) is 10.7. The Bertz CT molecular complexity index is 654. The van der Waals surface area contributed by atoms with E-state index in [0.717, 1.165) is 23.6 Å². The quantitative estimate of drug-likeness (QED) is 0.775. The van der Waals surface area contributed by atoms with Crippen molar-refractivity contribution in [3.8, 4) is 5.69 Å². The molecule has 0 saturated heterocycles. The van der Waals surface area contributed by atoms with Crippen molar-refractivity contribution in [1.29, 1.82) is 0 Å². The molecule has 0 spiro atoms. The highest BCUT2D eigenvalue weighted by Crippen LogP contribution is 2.15. The van der Waals surface area contributed by atoms with Crippen molar-refractivity contribution in [3.05, 3.63) is 60.9 Å². The molecule has 0 bridgehead atoms. The maximum absolute atomic E-state index is 4.15. The topological polar surface area (TPSA) is 47.7 Å². The summed E-state index contributed by atoms with van der Waals surface area (Å²) in [4.78, 5) is 4.06. The largest absolute Gasteiger partial charge is 0.379 e. The van der Waals surface area contributed by atoms with Crippen LogP contribution in [0.15, 0.2) is 55.2 Å². The number of aromatic nitrogens is 4. The molecule has 5 heteroatoms. The molecule has 3 rings (SSSR count). The molecule has 1 N–H and O–H groups in total. The molecule has 0 unspecified atom stereocenters. The van der Waals surface area contributed by atoms with Crippen LogP contribution in [0.2, 0.25) is 0 Å². The van der Waals surface area contributed by atoms with Crippen molar-refractivity contribution in [3.63, 3.8) is 0 Å². The Labute approximate surface area is 111 Å². The predicted octanol–water partition coefficient (Wildman–Crippen LogP) is 2.22. The fourth-order valence-electron chi connectivity index (χ4n) is 1.96. The summed E-state index contributed by atoms with van der Waals surface area (Å²) >= 11 is 0. The standard InChI is InChI=1S/C14H15N5/c1-18-14(5-6-17-18)10-16-12-3-2-4-13(9-12)19-8-7-15-11-19/h2-9,11,16H,10H2,1H3. The molecule has 2 aromatic heterocycles. The number of anilines is 1. The summed E-state index contributed by atoms with van der Waals surface area (Å²) < 4.78 is 3.85. The van der Waals surface area contributed by atoms with Gasteiger partial charge in [0.25, 0.3) is 0 Å². The van der Waals surface area contributed by atoms with Crippen LogP contribution in [0.5, 0.6) is 0 Å². The minimum Gasteiger partial charge on any atom is -0.379 e. The second-order valence-electron chi connectivity index (χ2n) is 4.32. The highest BCUT2D eigenvalue weighted by molar-refractivity contribution is 5.51. The maximum Gasteiger partial charge on any atom is 0.0991 e. The van der Waals surface area contributed by atoms with Gasteiger partial charge >= 0.3 is 0 Å². The number of hydrogen-bond acceptors (Lipinski definition) is 3. The zero-order valence-corrected chi connectivity index (χ0v) is 10.7. The summed E-state index contributed by atoms with van der Waals surface area (Å²) in [6.07, 6.45) is 7.30. The fraction of sp³-hybridized carbons (Fsp3) is 0.143. The van der Waals surface area contributed by atoms with E-state index in [9.17, 15) is 0 Å². The highest BCUT2D eigenvalue weighted by atomic mass is 15.3. The number of hydrogen-bond donors (Lipinski definition) is 1. The summed E-state index contributed by atoms with van der Waals surface area (Å²) in [5.74, 6) is 0. The van der Waals surface area contributed by atoms with Crippen LogP contribution in [0.3, 0.4) is 0 Å². The van der Waals surface area contributed by atoms with Crippen molar-refractivity contribution < 1.29 is 0 Å². The fourth-order valence-corrected chi connectivity index (χ4v) is 1.96. The summed E-state index contributed by atoms with van der Waals surface area (Å²) in [6, 6.07) is 10.2. The third kappa shape index (κ3) is 2.49. The number of benzene rings is 1. The van der Waals surface area contributed by atoms with Gasteiger partial charge in [0.15, 0.2) is 0 Å². The maximum atomic E-state index is 4.15. The lowest BCUT2D eigenvalue weighted by molar-refractivity contribution is 0.720. The van der Waals surface area contributed by atoms with E-state index < -0.39 is 0 Å². The van der Waals surface area contributed by atoms with Gasteiger partial charge in [0, 0.05) is 37.0 Å². The lowest BCUT2D eigenvalue weighted by Crippen LogP contribution is -2.05. The molecule has 96 valence electrons. The van der Waals surface area contributed by atoms with E-state index in [2.05, 4.69) is 33.6 Å². The van der Waals surface area contributed by atoms with Gasteiger partial charge in [-0.25, -0.2) is 4.98 Å². The Morgan fingerprint density at radius 3 is 2.89 bits per heavy atom. The molecule has 0 aliphatic carbocycles. The van der Waals surface area contributed by atoms with Gasteiger partial charge in [-0.1, -0.05) is 6.07 Å². The first-order valence-electron chi connectivity index (χ1n) is 6.12. The van der Waals surface area contributed by atoms with E-state index in [1.807, 2.05) is 34.6 Å². The number of nitrogens with one attached hydrogen (secondary N) is 1. The summed E-state index contributed by atoms with van der Waals surface area (Å²) in [6.45, 7) is 0.754. The van der Waals surface area contributed by atoms with Crippen molar-refractivity contribution >= 4 is 5.69 Å². The second-order valence-corrected chi connectivity index (χ2v) is 4.32. The predicted molar refractivity (Wildman–Crippen MR) is 74.1 cm³/mol. The molecule has 19 heavy (non-hydrogen) atoms. The van der Waals surface area contributed by atoms with Gasteiger partial charge in [0.05, 0.1) is 18.6 Å². The van der Waals surface area contributed by atoms with Gasteiger partial charge in [0.2, 0.25) is 0 Å². The van der Waals surface area contributed by atoms with Crippen LogP contribution in [-0.2, 0) is 13.6 Å². The first kappa shape index (κ1) is 11.5. The first-order chi connectivity index (χ1) is 9.33. The molecule has 5 nitrogen and oxygen atoms in total. The molecule has 2 heterocycles. The average molecular weight is 253 g/mol. The van der Waals surface area contributed by atoms with Gasteiger partial charge < -0.3 is 9.88 Å². The van der Waals surface area contributed by atoms with Gasteiger partial charge in [0.1, 0.15) is 0 Å². The lowest BCUT2D eigenvalue weighted by Gasteiger charge is -2.09. The number of nitrogens with zero attached hydrogens (tertiary/aromatic N) is 4. The minimum atomic E-state index is 0.754. The Kier molecular flexibility index (Phi) is 3.02. The smallest absolute Gasteiger partial charge is 0.0991 e. The molecule has 0 aliphatic rings. The molecule has 1 aromatic carbocycles. The molecule has 0 radical (unpaired) electrons. The van der Waals surface area contributed by atoms with E-state index in [1.165, 1.54) is 0 Å². The molecule has 3 aromatic rings. The molecular weight excluding hydrogens is 238 g/mol. The number of imidazole rings is 1. The lowest BCUT2D eigenvalue weighted by atomic mass is 10.2. The van der Waals surface area contributed by atoms with E-state index in [-0.39, 0.29) is 0 Å². The Balaban J connectivity index is 1.75. The van der Waals surface area contributed by atoms with E-state index in [1.54, 1.807) is 18.7 Å². The van der Waals surface area contributed by atoms with E-state index >= 15 is 0 Å². The van der Waals surface area contributed by atoms with Crippen LogP contribution >= 0.6 is 0 Å². The monoisotopic (exact) mass is 253 g/mol. The molecule has 0 saturated carbocycles. The molecule has 0 atom stereocenters. The first-order valence-corrected chi connectivity index (χ1v) is 6.12. The van der Waals surface area contributed by atoms with Gasteiger partial charge in [-0.05, 0) is 24.3 Å². The van der Waals surface area contributed by atoms with E-state index in [4.69, 9.17) is 0 Å². The third-order valence-electron chi connectivity index (χ3n) is 3.04. The SMILES string of the molecule is Cn1nccc1CNc1cccc(-n2ccnc2)c1. The number of rotatable bonds is 4. The average Bonchev–Trinajstić information content (AvgIpc) is 3.08.